The summed E-state index contributed by atoms with van der Waals surface area (Å²) in [7, 11) is 0. The van der Waals surface area contributed by atoms with E-state index < -0.39 is 5.54 Å². The van der Waals surface area contributed by atoms with E-state index in [1.807, 2.05) is 66.1 Å². The molecular weight excluding hydrogens is 332 g/mol. The van der Waals surface area contributed by atoms with E-state index in [0.717, 1.165) is 28.7 Å². The fraction of sp³-hybridized carbons (Fsp3) is 0.0833. The SMILES string of the molecule is Cc1cnc(C=O)n1C(c1ccccc1)(c1ccccc1)c1ccccc1. The van der Waals surface area contributed by atoms with Crippen LogP contribution in [0, 0.1) is 6.92 Å². The maximum absolute atomic E-state index is 11.9. The van der Waals surface area contributed by atoms with Gasteiger partial charge in [-0.25, -0.2) is 4.98 Å². The zero-order chi connectivity index (χ0) is 18.7. The standard InChI is InChI=1S/C24H20N2O/c1-19-17-25-23(18-27)26(19)24(20-11-5-2-6-12-20,21-13-7-3-8-14-21)22-15-9-4-10-16-22/h2-18H,1H3. The minimum atomic E-state index is -0.694. The third-order valence-corrected chi connectivity index (χ3v) is 4.98. The molecular formula is C24H20N2O. The molecule has 27 heavy (non-hydrogen) atoms. The number of imidazole rings is 1. The highest BCUT2D eigenvalue weighted by Gasteiger charge is 2.40. The Bertz CT molecular complexity index is 941. The Morgan fingerprint density at radius 1 is 0.741 bits per heavy atom. The van der Waals surface area contributed by atoms with Crippen LogP contribution in [0.3, 0.4) is 0 Å². The van der Waals surface area contributed by atoms with Crippen molar-refractivity contribution in [3.63, 3.8) is 0 Å². The van der Waals surface area contributed by atoms with Crippen molar-refractivity contribution >= 4 is 6.29 Å². The van der Waals surface area contributed by atoms with Crippen LogP contribution in [0.15, 0.2) is 97.2 Å². The van der Waals surface area contributed by atoms with Crippen molar-refractivity contribution in [2.24, 2.45) is 0 Å². The molecule has 1 aromatic heterocycles. The molecule has 0 saturated carbocycles. The average Bonchev–Trinajstić information content (AvgIpc) is 3.12. The predicted molar refractivity (Wildman–Crippen MR) is 107 cm³/mol. The second-order valence-corrected chi connectivity index (χ2v) is 6.52. The van der Waals surface area contributed by atoms with Crippen molar-refractivity contribution in [2.75, 3.05) is 0 Å². The number of rotatable bonds is 5. The summed E-state index contributed by atoms with van der Waals surface area (Å²) in [5.41, 5.74) is 3.46. The summed E-state index contributed by atoms with van der Waals surface area (Å²) in [4.78, 5) is 16.3. The second-order valence-electron chi connectivity index (χ2n) is 6.52. The monoisotopic (exact) mass is 352 g/mol. The van der Waals surface area contributed by atoms with Crippen molar-refractivity contribution < 1.29 is 4.79 Å². The molecule has 3 heteroatoms. The number of nitrogens with zero attached hydrogens (tertiary/aromatic N) is 2. The number of hydrogen-bond acceptors (Lipinski definition) is 2. The molecule has 3 nitrogen and oxygen atoms in total. The Hall–Kier alpha value is -3.46. The molecule has 0 aliphatic rings. The Labute approximate surface area is 158 Å². The fourth-order valence-electron chi connectivity index (χ4n) is 3.90. The molecule has 0 aliphatic heterocycles. The van der Waals surface area contributed by atoms with Gasteiger partial charge in [-0.05, 0) is 23.6 Å². The van der Waals surface area contributed by atoms with Gasteiger partial charge in [0, 0.05) is 11.9 Å². The normalized spacial score (nSPS) is 11.3. The molecule has 132 valence electrons. The van der Waals surface area contributed by atoms with E-state index in [1.165, 1.54) is 0 Å². The number of carbonyl (C=O) groups is 1. The summed E-state index contributed by atoms with van der Waals surface area (Å²) in [6, 6.07) is 30.8. The van der Waals surface area contributed by atoms with Crippen LogP contribution < -0.4 is 0 Å². The van der Waals surface area contributed by atoms with E-state index in [9.17, 15) is 4.79 Å². The van der Waals surface area contributed by atoms with Gasteiger partial charge >= 0.3 is 0 Å². The second kappa shape index (κ2) is 7.04. The van der Waals surface area contributed by atoms with Crippen LogP contribution >= 0.6 is 0 Å². The van der Waals surface area contributed by atoms with Gasteiger partial charge in [0.2, 0.25) is 0 Å². The summed E-state index contributed by atoms with van der Waals surface area (Å²) in [5, 5.41) is 0. The van der Waals surface area contributed by atoms with Gasteiger partial charge < -0.3 is 4.57 Å². The van der Waals surface area contributed by atoms with Crippen LogP contribution in [-0.2, 0) is 5.54 Å². The van der Waals surface area contributed by atoms with Crippen molar-refractivity contribution in [1.82, 2.24) is 9.55 Å². The first-order chi connectivity index (χ1) is 13.3. The third-order valence-electron chi connectivity index (χ3n) is 4.98. The molecule has 1 heterocycles. The van der Waals surface area contributed by atoms with Gasteiger partial charge in [-0.3, -0.25) is 4.79 Å². The van der Waals surface area contributed by atoms with E-state index in [4.69, 9.17) is 0 Å². The van der Waals surface area contributed by atoms with Gasteiger partial charge in [0.25, 0.3) is 0 Å². The van der Waals surface area contributed by atoms with Gasteiger partial charge in [0.1, 0.15) is 5.54 Å². The lowest BCUT2D eigenvalue weighted by Crippen LogP contribution is -2.39. The van der Waals surface area contributed by atoms with Crippen molar-refractivity contribution in [3.8, 4) is 0 Å². The molecule has 0 radical (unpaired) electrons. The van der Waals surface area contributed by atoms with Crippen LogP contribution in [-0.4, -0.2) is 15.8 Å². The molecule has 0 N–H and O–H groups in total. The minimum Gasteiger partial charge on any atom is -0.308 e. The smallest absolute Gasteiger partial charge is 0.185 e. The molecule has 0 atom stereocenters. The van der Waals surface area contributed by atoms with Crippen molar-refractivity contribution in [3.05, 3.63) is 125 Å². The van der Waals surface area contributed by atoms with Crippen LogP contribution in [0.2, 0.25) is 0 Å². The van der Waals surface area contributed by atoms with Gasteiger partial charge in [-0.15, -0.1) is 0 Å². The zero-order valence-corrected chi connectivity index (χ0v) is 15.1. The van der Waals surface area contributed by atoms with E-state index in [0.29, 0.717) is 5.82 Å². The molecule has 0 spiro atoms. The number of aryl methyl sites for hydroxylation is 1. The zero-order valence-electron chi connectivity index (χ0n) is 15.1. The van der Waals surface area contributed by atoms with Crippen LogP contribution in [0.25, 0.3) is 0 Å². The highest BCUT2D eigenvalue weighted by Crippen LogP contribution is 2.42. The summed E-state index contributed by atoms with van der Waals surface area (Å²) < 4.78 is 2.04. The number of benzene rings is 3. The maximum Gasteiger partial charge on any atom is 0.185 e. The van der Waals surface area contributed by atoms with Crippen molar-refractivity contribution in [2.45, 2.75) is 12.5 Å². The topological polar surface area (TPSA) is 34.9 Å². The van der Waals surface area contributed by atoms with E-state index in [1.54, 1.807) is 6.20 Å². The molecule has 3 aromatic carbocycles. The highest BCUT2D eigenvalue weighted by molar-refractivity contribution is 5.71. The summed E-state index contributed by atoms with van der Waals surface area (Å²) in [5.74, 6) is 0.407. The lowest BCUT2D eigenvalue weighted by atomic mass is 9.76. The van der Waals surface area contributed by atoms with Gasteiger partial charge in [-0.1, -0.05) is 91.0 Å². The number of hydrogen-bond donors (Lipinski definition) is 0. The first kappa shape index (κ1) is 17.0. The molecule has 0 aliphatic carbocycles. The minimum absolute atomic E-state index is 0.407. The molecule has 0 saturated heterocycles. The Morgan fingerprint density at radius 2 is 1.15 bits per heavy atom. The summed E-state index contributed by atoms with van der Waals surface area (Å²) in [6.45, 7) is 1.99. The quantitative estimate of drug-likeness (QED) is 0.380. The largest absolute Gasteiger partial charge is 0.308 e. The molecule has 0 amide bonds. The lowest BCUT2D eigenvalue weighted by molar-refractivity contribution is 0.110. The summed E-state index contributed by atoms with van der Waals surface area (Å²) in [6.07, 6.45) is 2.59. The van der Waals surface area contributed by atoms with Gasteiger partial charge in [-0.2, -0.15) is 0 Å². The first-order valence-electron chi connectivity index (χ1n) is 8.95. The summed E-state index contributed by atoms with van der Waals surface area (Å²) >= 11 is 0. The highest BCUT2D eigenvalue weighted by atomic mass is 16.1. The molecule has 0 fully saturated rings. The molecule has 4 rings (SSSR count). The van der Waals surface area contributed by atoms with Crippen molar-refractivity contribution in [1.29, 1.82) is 0 Å². The molecule has 4 aromatic rings. The number of aldehydes is 1. The Balaban J connectivity index is 2.20. The fourth-order valence-corrected chi connectivity index (χ4v) is 3.90. The van der Waals surface area contributed by atoms with Gasteiger partial charge in [0.05, 0.1) is 0 Å². The van der Waals surface area contributed by atoms with E-state index in [-0.39, 0.29) is 0 Å². The van der Waals surface area contributed by atoms with Gasteiger partial charge in [0.15, 0.2) is 12.1 Å². The maximum atomic E-state index is 11.9. The molecule has 0 unspecified atom stereocenters. The van der Waals surface area contributed by atoms with Crippen LogP contribution in [0.5, 0.6) is 0 Å². The number of carbonyl (C=O) groups excluding carboxylic acids is 1. The lowest BCUT2D eigenvalue weighted by Gasteiger charge is -2.39. The van der Waals surface area contributed by atoms with E-state index in [2.05, 4.69) is 41.4 Å². The average molecular weight is 352 g/mol. The van der Waals surface area contributed by atoms with E-state index >= 15 is 0 Å². The Kier molecular flexibility index (Phi) is 4.43. The first-order valence-corrected chi connectivity index (χ1v) is 8.95. The third kappa shape index (κ3) is 2.68. The predicted octanol–water partition coefficient (Wildman–Crippen LogP) is 4.84. The number of aromatic nitrogens is 2. The Morgan fingerprint density at radius 3 is 1.52 bits per heavy atom. The van der Waals surface area contributed by atoms with Crippen LogP contribution in [0.1, 0.15) is 33.0 Å². The van der Waals surface area contributed by atoms with Crippen LogP contribution in [0.4, 0.5) is 0 Å². The molecule has 0 bridgehead atoms.